The van der Waals surface area contributed by atoms with E-state index in [1.165, 1.54) is 24.3 Å². The van der Waals surface area contributed by atoms with Gasteiger partial charge in [-0.05, 0) is 23.8 Å². The number of phenols is 1. The van der Waals surface area contributed by atoms with Gasteiger partial charge in [0.25, 0.3) is 0 Å². The summed E-state index contributed by atoms with van der Waals surface area (Å²) in [6.45, 7) is 0. The maximum atomic E-state index is 11.1. The third kappa shape index (κ3) is 2.26. The SMILES string of the molecule is Nc1cccc(-c2ccc(C(=O)O)c(C(=O)O)c2)c1O. The monoisotopic (exact) mass is 273 g/mol. The van der Waals surface area contributed by atoms with Gasteiger partial charge in [0.2, 0.25) is 0 Å². The molecule has 0 aliphatic heterocycles. The van der Waals surface area contributed by atoms with Gasteiger partial charge in [0.1, 0.15) is 5.75 Å². The Kier molecular flexibility index (Phi) is 3.30. The second-order valence-electron chi connectivity index (χ2n) is 4.11. The van der Waals surface area contributed by atoms with Crippen molar-refractivity contribution in [2.45, 2.75) is 0 Å². The van der Waals surface area contributed by atoms with Crippen LogP contribution in [0.25, 0.3) is 11.1 Å². The molecule has 2 rings (SSSR count). The van der Waals surface area contributed by atoms with E-state index in [9.17, 15) is 14.7 Å². The topological polar surface area (TPSA) is 121 Å². The number of hydrogen-bond donors (Lipinski definition) is 4. The second-order valence-corrected chi connectivity index (χ2v) is 4.11. The number of rotatable bonds is 3. The van der Waals surface area contributed by atoms with Crippen molar-refractivity contribution in [3.63, 3.8) is 0 Å². The minimum absolute atomic E-state index is 0.154. The molecule has 0 atom stereocenters. The van der Waals surface area contributed by atoms with Gasteiger partial charge in [-0.2, -0.15) is 0 Å². The van der Waals surface area contributed by atoms with Gasteiger partial charge in [-0.1, -0.05) is 18.2 Å². The molecule has 5 N–H and O–H groups in total. The summed E-state index contributed by atoms with van der Waals surface area (Å²) in [5, 5.41) is 27.9. The number of phenolic OH excluding ortho intramolecular Hbond substituents is 1. The van der Waals surface area contributed by atoms with Crippen LogP contribution in [0.3, 0.4) is 0 Å². The van der Waals surface area contributed by atoms with Gasteiger partial charge in [0.15, 0.2) is 0 Å². The summed E-state index contributed by atoms with van der Waals surface area (Å²) < 4.78 is 0. The first-order valence-corrected chi connectivity index (χ1v) is 5.60. The lowest BCUT2D eigenvalue weighted by Gasteiger charge is -2.09. The van der Waals surface area contributed by atoms with Crippen molar-refractivity contribution in [3.05, 3.63) is 47.5 Å². The lowest BCUT2D eigenvalue weighted by molar-refractivity contribution is 0.0651. The molecule has 0 aliphatic carbocycles. The first kappa shape index (κ1) is 13.4. The molecule has 6 nitrogen and oxygen atoms in total. The van der Waals surface area contributed by atoms with Gasteiger partial charge in [-0.15, -0.1) is 0 Å². The summed E-state index contributed by atoms with van der Waals surface area (Å²) in [6.07, 6.45) is 0. The highest BCUT2D eigenvalue weighted by molar-refractivity contribution is 6.03. The maximum Gasteiger partial charge on any atom is 0.336 e. The number of carbonyl (C=O) groups is 2. The summed E-state index contributed by atoms with van der Waals surface area (Å²) in [5.41, 5.74) is 5.77. The summed E-state index contributed by atoms with van der Waals surface area (Å²) in [5.74, 6) is -2.86. The van der Waals surface area contributed by atoms with Gasteiger partial charge in [0, 0.05) is 5.56 Å². The van der Waals surface area contributed by atoms with Crippen molar-refractivity contribution in [3.8, 4) is 16.9 Å². The zero-order chi connectivity index (χ0) is 14.9. The molecule has 0 spiro atoms. The van der Waals surface area contributed by atoms with Crippen LogP contribution >= 0.6 is 0 Å². The van der Waals surface area contributed by atoms with E-state index in [0.29, 0.717) is 11.1 Å². The first-order chi connectivity index (χ1) is 9.41. The van der Waals surface area contributed by atoms with E-state index < -0.39 is 11.9 Å². The predicted octanol–water partition coefficient (Wildman–Crippen LogP) is 2.04. The van der Waals surface area contributed by atoms with Gasteiger partial charge < -0.3 is 21.1 Å². The molecule has 0 bridgehead atoms. The highest BCUT2D eigenvalue weighted by atomic mass is 16.4. The van der Waals surface area contributed by atoms with Crippen molar-refractivity contribution in [2.75, 3.05) is 5.73 Å². The van der Waals surface area contributed by atoms with E-state index in [4.69, 9.17) is 15.9 Å². The van der Waals surface area contributed by atoms with Crippen LogP contribution in [0, 0.1) is 0 Å². The van der Waals surface area contributed by atoms with Crippen LogP contribution in [0.1, 0.15) is 20.7 Å². The molecule has 2 aromatic rings. The lowest BCUT2D eigenvalue weighted by Crippen LogP contribution is -2.08. The molecule has 0 amide bonds. The summed E-state index contributed by atoms with van der Waals surface area (Å²) in [7, 11) is 0. The Balaban J connectivity index is 2.65. The average Bonchev–Trinajstić information content (AvgIpc) is 2.41. The number of para-hydroxylation sites is 1. The third-order valence-electron chi connectivity index (χ3n) is 2.86. The van der Waals surface area contributed by atoms with Crippen LogP contribution < -0.4 is 5.73 Å². The van der Waals surface area contributed by atoms with Crippen LogP contribution in [0.2, 0.25) is 0 Å². The largest absolute Gasteiger partial charge is 0.505 e. The smallest absolute Gasteiger partial charge is 0.336 e. The average molecular weight is 273 g/mol. The molecular formula is C14H11NO5. The fourth-order valence-electron chi connectivity index (χ4n) is 1.87. The molecular weight excluding hydrogens is 262 g/mol. The van der Waals surface area contributed by atoms with Gasteiger partial charge in [-0.25, -0.2) is 9.59 Å². The van der Waals surface area contributed by atoms with Crippen LogP contribution in [-0.2, 0) is 0 Å². The van der Waals surface area contributed by atoms with Crippen molar-refractivity contribution < 1.29 is 24.9 Å². The molecule has 0 saturated carbocycles. The number of aromatic carboxylic acids is 2. The second kappa shape index (κ2) is 4.93. The van der Waals surface area contributed by atoms with Crippen LogP contribution in [-0.4, -0.2) is 27.3 Å². The number of nitrogen functional groups attached to an aromatic ring is 1. The van der Waals surface area contributed by atoms with E-state index >= 15 is 0 Å². The third-order valence-corrected chi connectivity index (χ3v) is 2.86. The summed E-state index contributed by atoms with van der Waals surface area (Å²) >= 11 is 0. The molecule has 0 heterocycles. The Hall–Kier alpha value is -3.02. The highest BCUT2D eigenvalue weighted by Gasteiger charge is 2.18. The van der Waals surface area contributed by atoms with Crippen molar-refractivity contribution >= 4 is 17.6 Å². The van der Waals surface area contributed by atoms with E-state index in [-0.39, 0.29) is 22.6 Å². The van der Waals surface area contributed by atoms with Crippen LogP contribution in [0.15, 0.2) is 36.4 Å². The van der Waals surface area contributed by atoms with E-state index in [0.717, 1.165) is 0 Å². The molecule has 0 aliphatic rings. The number of nitrogens with two attached hydrogens (primary N) is 1. The van der Waals surface area contributed by atoms with Crippen LogP contribution in [0.4, 0.5) is 5.69 Å². The molecule has 6 heteroatoms. The Morgan fingerprint density at radius 1 is 0.950 bits per heavy atom. The Bertz CT molecular complexity index is 709. The van der Waals surface area contributed by atoms with Gasteiger partial charge in [0.05, 0.1) is 16.8 Å². The van der Waals surface area contributed by atoms with E-state index in [1.807, 2.05) is 0 Å². The molecule has 0 aromatic heterocycles. The fraction of sp³-hybridized carbons (Fsp3) is 0. The first-order valence-electron chi connectivity index (χ1n) is 5.60. The zero-order valence-corrected chi connectivity index (χ0v) is 10.2. The van der Waals surface area contributed by atoms with E-state index in [2.05, 4.69) is 0 Å². The minimum atomic E-state index is -1.35. The molecule has 2 aromatic carbocycles. The summed E-state index contributed by atoms with van der Waals surface area (Å²) in [6, 6.07) is 8.47. The van der Waals surface area contributed by atoms with Crippen molar-refractivity contribution in [1.29, 1.82) is 0 Å². The molecule has 102 valence electrons. The molecule has 20 heavy (non-hydrogen) atoms. The fourth-order valence-corrected chi connectivity index (χ4v) is 1.87. The number of carboxylic acid groups (broad SMARTS) is 2. The quantitative estimate of drug-likeness (QED) is 0.501. The van der Waals surface area contributed by atoms with Crippen molar-refractivity contribution in [2.24, 2.45) is 0 Å². The number of anilines is 1. The maximum absolute atomic E-state index is 11.1. The lowest BCUT2D eigenvalue weighted by atomic mass is 9.98. The molecule has 0 unspecified atom stereocenters. The molecule has 0 saturated heterocycles. The van der Waals surface area contributed by atoms with E-state index in [1.54, 1.807) is 12.1 Å². The summed E-state index contributed by atoms with van der Waals surface area (Å²) in [4.78, 5) is 22.1. The molecule has 0 fully saturated rings. The number of aromatic hydroxyl groups is 1. The Morgan fingerprint density at radius 3 is 2.20 bits per heavy atom. The number of benzene rings is 2. The standard InChI is InChI=1S/C14H11NO5/c15-11-3-1-2-8(12(11)16)7-4-5-9(13(17)18)10(6-7)14(19)20/h1-6,16H,15H2,(H,17,18)(H,19,20). The Labute approximate surface area is 113 Å². The van der Waals surface area contributed by atoms with Crippen LogP contribution in [0.5, 0.6) is 5.75 Å². The van der Waals surface area contributed by atoms with Gasteiger partial charge >= 0.3 is 11.9 Å². The number of hydrogen-bond acceptors (Lipinski definition) is 4. The van der Waals surface area contributed by atoms with Gasteiger partial charge in [-0.3, -0.25) is 0 Å². The zero-order valence-electron chi connectivity index (χ0n) is 10.2. The highest BCUT2D eigenvalue weighted by Crippen LogP contribution is 2.34. The minimum Gasteiger partial charge on any atom is -0.505 e. The Morgan fingerprint density at radius 2 is 1.60 bits per heavy atom. The van der Waals surface area contributed by atoms with Crippen molar-refractivity contribution in [1.82, 2.24) is 0 Å². The molecule has 0 radical (unpaired) electrons. The number of carboxylic acids is 2. The predicted molar refractivity (Wildman–Crippen MR) is 71.9 cm³/mol. The normalized spacial score (nSPS) is 10.2.